The van der Waals surface area contributed by atoms with Gasteiger partial charge in [-0.2, -0.15) is 0 Å². The number of aryl methyl sites for hydroxylation is 2. The Morgan fingerprint density at radius 3 is 2.78 bits per heavy atom. The van der Waals surface area contributed by atoms with E-state index in [-0.39, 0.29) is 10.2 Å². The van der Waals surface area contributed by atoms with Gasteiger partial charge in [0.05, 0.1) is 0 Å². The summed E-state index contributed by atoms with van der Waals surface area (Å²) >= 11 is 12.8. The van der Waals surface area contributed by atoms with Crippen molar-refractivity contribution in [2.75, 3.05) is 0 Å². The number of aromatic nitrogens is 1. The number of carbonyl (C=O) groups is 1. The minimum atomic E-state index is -1.04. The molecule has 18 heavy (non-hydrogen) atoms. The molecule has 0 aliphatic carbocycles. The molecule has 1 N–H and O–H groups in total. The predicted octanol–water partition coefficient (Wildman–Crippen LogP) is 3.93. The summed E-state index contributed by atoms with van der Waals surface area (Å²) in [6.45, 7) is 0. The van der Waals surface area contributed by atoms with Crippen molar-refractivity contribution in [3.8, 4) is 0 Å². The fourth-order valence-corrected chi connectivity index (χ4v) is 2.96. The number of halogens is 2. The zero-order chi connectivity index (χ0) is 13.1. The number of carboxylic acid groups (broad SMARTS) is 1. The van der Waals surface area contributed by atoms with Crippen LogP contribution in [0.2, 0.25) is 9.49 Å². The third-order valence-electron chi connectivity index (χ3n) is 2.40. The van der Waals surface area contributed by atoms with Crippen molar-refractivity contribution in [3.63, 3.8) is 0 Å². The maximum absolute atomic E-state index is 11.0. The number of benzene rings is 1. The molecule has 0 spiro atoms. The van der Waals surface area contributed by atoms with Crippen LogP contribution in [0.4, 0.5) is 0 Å². The van der Waals surface area contributed by atoms with Crippen molar-refractivity contribution in [1.82, 2.24) is 4.98 Å². The molecule has 3 nitrogen and oxygen atoms in total. The lowest BCUT2D eigenvalue weighted by Gasteiger charge is -2.01. The van der Waals surface area contributed by atoms with Crippen LogP contribution in [-0.2, 0) is 12.8 Å². The van der Waals surface area contributed by atoms with E-state index in [2.05, 4.69) is 4.98 Å². The fourth-order valence-electron chi connectivity index (χ4n) is 1.61. The molecular weight excluding hydrogens is 293 g/mol. The minimum absolute atomic E-state index is 0.0482. The quantitative estimate of drug-likeness (QED) is 0.931. The Bertz CT molecular complexity index is 583. The average Bonchev–Trinajstić information content (AvgIpc) is 2.68. The predicted molar refractivity (Wildman–Crippen MR) is 72.9 cm³/mol. The number of rotatable bonds is 4. The monoisotopic (exact) mass is 301 g/mol. The molecular formula is C12H9Cl2NO2S. The van der Waals surface area contributed by atoms with Crippen LogP contribution in [0.5, 0.6) is 0 Å². The molecule has 0 saturated heterocycles. The molecule has 0 radical (unpaired) electrons. The van der Waals surface area contributed by atoms with Crippen LogP contribution in [0.1, 0.15) is 20.9 Å². The summed E-state index contributed by atoms with van der Waals surface area (Å²) in [5, 5.41) is 9.66. The second-order valence-corrected chi connectivity index (χ2v) is 5.78. The Morgan fingerprint density at radius 2 is 2.11 bits per heavy atom. The molecule has 0 saturated carbocycles. The van der Waals surface area contributed by atoms with Crippen LogP contribution in [0, 0.1) is 0 Å². The number of aromatic carboxylic acids is 1. The van der Waals surface area contributed by atoms with E-state index in [1.54, 1.807) is 6.07 Å². The van der Waals surface area contributed by atoms with Gasteiger partial charge in [-0.3, -0.25) is 0 Å². The summed E-state index contributed by atoms with van der Waals surface area (Å²) in [5.41, 5.74) is 1.11. The molecule has 1 aromatic heterocycles. The zero-order valence-electron chi connectivity index (χ0n) is 9.19. The third-order valence-corrected chi connectivity index (χ3v) is 3.86. The summed E-state index contributed by atoms with van der Waals surface area (Å²) in [5.74, 6) is -1.04. The summed E-state index contributed by atoms with van der Waals surface area (Å²) < 4.78 is 0.258. The molecule has 0 aliphatic rings. The Kier molecular flexibility index (Phi) is 4.22. The fraction of sp³-hybridized carbons (Fsp3) is 0.167. The van der Waals surface area contributed by atoms with Crippen LogP contribution in [-0.4, -0.2) is 16.1 Å². The van der Waals surface area contributed by atoms with Crippen molar-refractivity contribution in [2.45, 2.75) is 12.8 Å². The van der Waals surface area contributed by atoms with Gasteiger partial charge in [0.15, 0.2) is 10.2 Å². The van der Waals surface area contributed by atoms with Gasteiger partial charge in [0.25, 0.3) is 0 Å². The molecule has 0 unspecified atom stereocenters. The van der Waals surface area contributed by atoms with Crippen molar-refractivity contribution in [1.29, 1.82) is 0 Å². The van der Waals surface area contributed by atoms with Crippen molar-refractivity contribution < 1.29 is 9.90 Å². The van der Waals surface area contributed by atoms with Crippen LogP contribution in [0.15, 0.2) is 24.3 Å². The topological polar surface area (TPSA) is 50.2 Å². The van der Waals surface area contributed by atoms with E-state index in [0.29, 0.717) is 22.7 Å². The number of nitrogens with zero attached hydrogens (tertiary/aromatic N) is 1. The molecule has 94 valence electrons. The van der Waals surface area contributed by atoms with E-state index >= 15 is 0 Å². The molecule has 2 aromatic rings. The first kappa shape index (κ1) is 13.3. The molecule has 0 aliphatic heterocycles. The van der Waals surface area contributed by atoms with E-state index in [1.807, 2.05) is 18.2 Å². The highest BCUT2D eigenvalue weighted by atomic mass is 35.5. The van der Waals surface area contributed by atoms with E-state index in [1.165, 1.54) is 11.3 Å². The SMILES string of the molecule is O=C(O)c1nc(Cl)sc1CCc1cccc(Cl)c1. The molecule has 6 heteroatoms. The average molecular weight is 302 g/mol. The third kappa shape index (κ3) is 3.22. The normalized spacial score (nSPS) is 10.6. The lowest BCUT2D eigenvalue weighted by molar-refractivity contribution is 0.0690. The van der Waals surface area contributed by atoms with Crippen molar-refractivity contribution in [3.05, 3.63) is 49.9 Å². The summed E-state index contributed by atoms with van der Waals surface area (Å²) in [4.78, 5) is 15.5. The lowest BCUT2D eigenvalue weighted by Crippen LogP contribution is -2.02. The van der Waals surface area contributed by atoms with Gasteiger partial charge >= 0.3 is 5.97 Å². The molecule has 0 fully saturated rings. The molecule has 0 bridgehead atoms. The first-order valence-electron chi connectivity index (χ1n) is 5.19. The van der Waals surface area contributed by atoms with Gasteiger partial charge < -0.3 is 5.11 Å². The summed E-state index contributed by atoms with van der Waals surface area (Å²) in [7, 11) is 0. The number of hydrogen-bond donors (Lipinski definition) is 1. The molecule has 1 aromatic carbocycles. The Labute approximate surface area is 118 Å². The summed E-state index contributed by atoms with van der Waals surface area (Å²) in [6, 6.07) is 7.49. The Morgan fingerprint density at radius 1 is 1.33 bits per heavy atom. The smallest absolute Gasteiger partial charge is 0.355 e. The lowest BCUT2D eigenvalue weighted by atomic mass is 10.1. The largest absolute Gasteiger partial charge is 0.476 e. The van der Waals surface area contributed by atoms with Gasteiger partial charge in [0, 0.05) is 9.90 Å². The minimum Gasteiger partial charge on any atom is -0.476 e. The van der Waals surface area contributed by atoms with Crippen LogP contribution >= 0.6 is 34.5 Å². The number of hydrogen-bond acceptors (Lipinski definition) is 3. The second kappa shape index (κ2) is 5.69. The summed E-state index contributed by atoms with van der Waals surface area (Å²) in [6.07, 6.45) is 1.30. The maximum atomic E-state index is 11.0. The van der Waals surface area contributed by atoms with Gasteiger partial charge in [0.1, 0.15) is 0 Å². The highest BCUT2D eigenvalue weighted by Gasteiger charge is 2.16. The molecule has 0 atom stereocenters. The molecule has 1 heterocycles. The van der Waals surface area contributed by atoms with Gasteiger partial charge in [0.2, 0.25) is 0 Å². The van der Waals surface area contributed by atoms with Crippen molar-refractivity contribution >= 4 is 40.5 Å². The van der Waals surface area contributed by atoms with Crippen LogP contribution < -0.4 is 0 Å². The first-order chi connectivity index (χ1) is 8.56. The van der Waals surface area contributed by atoms with Gasteiger partial charge in [-0.05, 0) is 30.5 Å². The van der Waals surface area contributed by atoms with E-state index < -0.39 is 5.97 Å². The van der Waals surface area contributed by atoms with E-state index in [9.17, 15) is 4.79 Å². The highest BCUT2D eigenvalue weighted by molar-refractivity contribution is 7.16. The maximum Gasteiger partial charge on any atom is 0.355 e. The van der Waals surface area contributed by atoms with Crippen LogP contribution in [0.3, 0.4) is 0 Å². The van der Waals surface area contributed by atoms with Crippen LogP contribution in [0.25, 0.3) is 0 Å². The molecule has 0 amide bonds. The van der Waals surface area contributed by atoms with E-state index in [4.69, 9.17) is 28.3 Å². The van der Waals surface area contributed by atoms with Gasteiger partial charge in [-0.25, -0.2) is 9.78 Å². The number of carboxylic acids is 1. The highest BCUT2D eigenvalue weighted by Crippen LogP contribution is 2.24. The first-order valence-corrected chi connectivity index (χ1v) is 6.76. The molecule has 2 rings (SSSR count). The van der Waals surface area contributed by atoms with Gasteiger partial charge in [-0.1, -0.05) is 35.3 Å². The number of thiazole rings is 1. The van der Waals surface area contributed by atoms with E-state index in [0.717, 1.165) is 5.56 Å². The zero-order valence-corrected chi connectivity index (χ0v) is 11.5. The Hall–Kier alpha value is -1.10. The Balaban J connectivity index is 2.13. The van der Waals surface area contributed by atoms with Gasteiger partial charge in [-0.15, -0.1) is 11.3 Å². The second-order valence-electron chi connectivity index (χ2n) is 3.67. The standard InChI is InChI=1S/C12H9Cl2NO2S/c13-8-3-1-2-7(6-8)4-5-9-10(11(16)17)15-12(14)18-9/h1-3,6H,4-5H2,(H,16,17). The van der Waals surface area contributed by atoms with Crippen molar-refractivity contribution in [2.24, 2.45) is 0 Å².